The van der Waals surface area contributed by atoms with Crippen LogP contribution in [0.3, 0.4) is 0 Å². The lowest BCUT2D eigenvalue weighted by atomic mass is 10.0. The topological polar surface area (TPSA) is 38.4 Å². The smallest absolute Gasteiger partial charge is 0.395 e. The van der Waals surface area contributed by atoms with E-state index in [0.717, 1.165) is 24.3 Å². The van der Waals surface area contributed by atoms with Gasteiger partial charge in [-0.2, -0.15) is 39.5 Å². The molecule has 2 nitrogen and oxygen atoms in total. The van der Waals surface area contributed by atoms with Gasteiger partial charge in [0.1, 0.15) is 5.70 Å². The Kier molecular flexibility index (Phi) is 7.00. The van der Waals surface area contributed by atoms with Crippen LogP contribution in [-0.2, 0) is 12.4 Å². The fourth-order valence-corrected chi connectivity index (χ4v) is 3.10. The Hall–Kier alpha value is -3.76. The number of alkyl halides is 9. The van der Waals surface area contributed by atoms with Crippen molar-refractivity contribution in [1.82, 2.24) is 0 Å². The highest BCUT2D eigenvalue weighted by Crippen LogP contribution is 2.35. The van der Waals surface area contributed by atoms with Gasteiger partial charge >= 0.3 is 18.5 Å². The molecule has 2 N–H and O–H groups in total. The fourth-order valence-electron chi connectivity index (χ4n) is 3.10. The summed E-state index contributed by atoms with van der Waals surface area (Å²) in [5.41, 5.74) is 0.450. The maximum absolute atomic E-state index is 13.5. The second kappa shape index (κ2) is 9.47. The molecular weight excluding hydrogens is 487 g/mol. The fraction of sp³-hybridized carbons (Fsp3) is 0.125. The van der Waals surface area contributed by atoms with Crippen molar-refractivity contribution in [1.29, 1.82) is 0 Å². The Balaban J connectivity index is 2.09. The summed E-state index contributed by atoms with van der Waals surface area (Å²) >= 11 is 0. The first-order chi connectivity index (χ1) is 16.2. The quantitative estimate of drug-likeness (QED) is 0.286. The van der Waals surface area contributed by atoms with E-state index in [1.807, 2.05) is 0 Å². The summed E-state index contributed by atoms with van der Waals surface area (Å²) in [6.45, 7) is 0. The van der Waals surface area contributed by atoms with Gasteiger partial charge in [0, 0.05) is 5.56 Å². The number of allylic oxidation sites excluding steroid dienone is 2. The van der Waals surface area contributed by atoms with Crippen molar-refractivity contribution in [2.75, 3.05) is 0 Å². The second-order valence-corrected chi connectivity index (χ2v) is 7.26. The molecule has 0 spiro atoms. The molecule has 11 heteroatoms. The van der Waals surface area contributed by atoms with Crippen LogP contribution in [0, 0.1) is 0 Å². The average Bonchev–Trinajstić information content (AvgIpc) is 2.77. The van der Waals surface area contributed by atoms with E-state index >= 15 is 0 Å². The van der Waals surface area contributed by atoms with E-state index in [-0.39, 0.29) is 11.3 Å². The highest BCUT2D eigenvalue weighted by Gasteiger charge is 2.36. The SMILES string of the molecule is N/C(=C\C(=Nc1ccc(-c2cccc(C(F)(F)F)c2)cc1)c1ccccc1C(F)(F)F)C(F)(F)F. The summed E-state index contributed by atoms with van der Waals surface area (Å²) in [5, 5.41) is 0. The molecule has 0 saturated carbocycles. The largest absolute Gasteiger partial charge is 0.430 e. The predicted molar refractivity (Wildman–Crippen MR) is 113 cm³/mol. The molecule has 0 bridgehead atoms. The van der Waals surface area contributed by atoms with Crippen LogP contribution >= 0.6 is 0 Å². The molecule has 0 aliphatic heterocycles. The van der Waals surface area contributed by atoms with Crippen LogP contribution in [0.5, 0.6) is 0 Å². The molecule has 0 aliphatic carbocycles. The van der Waals surface area contributed by atoms with Crippen molar-refractivity contribution in [2.24, 2.45) is 10.7 Å². The van der Waals surface area contributed by atoms with E-state index in [0.29, 0.717) is 17.7 Å². The van der Waals surface area contributed by atoms with E-state index < -0.39 is 46.6 Å². The first-order valence-corrected chi connectivity index (χ1v) is 9.73. The Bertz CT molecular complexity index is 1250. The summed E-state index contributed by atoms with van der Waals surface area (Å²) in [7, 11) is 0. The number of hydrogen-bond acceptors (Lipinski definition) is 2. The van der Waals surface area contributed by atoms with Crippen LogP contribution in [0.1, 0.15) is 16.7 Å². The van der Waals surface area contributed by atoms with Gasteiger partial charge < -0.3 is 5.73 Å². The van der Waals surface area contributed by atoms with Gasteiger partial charge in [0.25, 0.3) is 0 Å². The summed E-state index contributed by atoms with van der Waals surface area (Å²) in [6.07, 6.45) is -14.2. The van der Waals surface area contributed by atoms with Gasteiger partial charge in [-0.1, -0.05) is 42.5 Å². The van der Waals surface area contributed by atoms with Crippen molar-refractivity contribution >= 4 is 11.4 Å². The van der Waals surface area contributed by atoms with Crippen molar-refractivity contribution in [2.45, 2.75) is 18.5 Å². The summed E-state index contributed by atoms with van der Waals surface area (Å²) in [6, 6.07) is 13.6. The minimum atomic E-state index is -5.01. The second-order valence-electron chi connectivity index (χ2n) is 7.26. The normalized spacial score (nSPS) is 13.7. The molecule has 184 valence electrons. The molecule has 3 aromatic carbocycles. The van der Waals surface area contributed by atoms with E-state index in [1.54, 1.807) is 0 Å². The van der Waals surface area contributed by atoms with Gasteiger partial charge in [-0.25, -0.2) is 4.99 Å². The lowest BCUT2D eigenvalue weighted by Crippen LogP contribution is -2.21. The third-order valence-electron chi connectivity index (χ3n) is 4.77. The molecule has 0 heterocycles. The zero-order valence-corrected chi connectivity index (χ0v) is 17.4. The van der Waals surface area contributed by atoms with Crippen molar-refractivity contribution in [3.05, 3.63) is 101 Å². The lowest BCUT2D eigenvalue weighted by molar-refractivity contribution is -0.138. The zero-order valence-electron chi connectivity index (χ0n) is 17.4. The number of rotatable bonds is 4. The third-order valence-corrected chi connectivity index (χ3v) is 4.77. The molecule has 0 unspecified atom stereocenters. The van der Waals surface area contributed by atoms with Gasteiger partial charge in [-0.15, -0.1) is 0 Å². The molecule has 0 radical (unpaired) electrons. The van der Waals surface area contributed by atoms with Gasteiger partial charge in [0.2, 0.25) is 0 Å². The van der Waals surface area contributed by atoms with Crippen LogP contribution in [0.15, 0.2) is 89.6 Å². The Morgan fingerprint density at radius 3 is 1.89 bits per heavy atom. The molecule has 3 aromatic rings. The van der Waals surface area contributed by atoms with Crippen LogP contribution in [0.25, 0.3) is 11.1 Å². The average molecular weight is 502 g/mol. The van der Waals surface area contributed by atoms with Crippen LogP contribution in [0.4, 0.5) is 45.2 Å². The molecule has 0 fully saturated rings. The van der Waals surface area contributed by atoms with Gasteiger partial charge in [0.15, 0.2) is 0 Å². The highest BCUT2D eigenvalue weighted by molar-refractivity contribution is 6.11. The number of nitrogens with two attached hydrogens (primary N) is 1. The number of hydrogen-bond donors (Lipinski definition) is 1. The van der Waals surface area contributed by atoms with E-state index in [2.05, 4.69) is 4.99 Å². The van der Waals surface area contributed by atoms with E-state index in [9.17, 15) is 39.5 Å². The number of halogens is 9. The lowest BCUT2D eigenvalue weighted by Gasteiger charge is -2.14. The van der Waals surface area contributed by atoms with Gasteiger partial charge in [-0.3, -0.25) is 0 Å². The molecule has 0 atom stereocenters. The number of aliphatic imine (C=N–C) groups is 1. The van der Waals surface area contributed by atoms with Crippen LogP contribution in [0.2, 0.25) is 0 Å². The van der Waals surface area contributed by atoms with Crippen molar-refractivity contribution in [3.63, 3.8) is 0 Å². The Morgan fingerprint density at radius 1 is 0.686 bits per heavy atom. The van der Waals surface area contributed by atoms with Crippen LogP contribution in [-0.4, -0.2) is 11.9 Å². The van der Waals surface area contributed by atoms with Crippen molar-refractivity contribution in [3.8, 4) is 11.1 Å². The Morgan fingerprint density at radius 2 is 1.31 bits per heavy atom. The number of nitrogens with zero attached hydrogens (tertiary/aromatic N) is 1. The van der Waals surface area contributed by atoms with Gasteiger partial charge in [0.05, 0.1) is 22.5 Å². The zero-order chi connectivity index (χ0) is 26.0. The minimum absolute atomic E-state index is 0.0427. The van der Waals surface area contributed by atoms with Crippen LogP contribution < -0.4 is 5.73 Å². The summed E-state index contributed by atoms with van der Waals surface area (Å²) in [5.74, 6) is 0. The Labute approximate surface area is 193 Å². The summed E-state index contributed by atoms with van der Waals surface area (Å²) < 4.78 is 118. The maximum Gasteiger partial charge on any atom is 0.430 e. The standard InChI is InChI=1S/C24H15F9N2/c25-22(26,27)16-5-3-4-15(12-16)14-8-10-17(11-9-14)35-20(13-21(34)24(31,32)33)18-6-1-2-7-19(18)23(28,29)30/h1-13H,34H2/b21-13-,35-20?. The number of benzene rings is 3. The maximum atomic E-state index is 13.5. The molecular formula is C24H15F9N2. The molecule has 3 rings (SSSR count). The monoisotopic (exact) mass is 502 g/mol. The minimum Gasteiger partial charge on any atom is -0.395 e. The molecule has 0 saturated heterocycles. The molecule has 0 amide bonds. The predicted octanol–water partition coefficient (Wildman–Crippen LogP) is 7.92. The molecule has 35 heavy (non-hydrogen) atoms. The third kappa shape index (κ3) is 6.43. The van der Waals surface area contributed by atoms with Crippen molar-refractivity contribution < 1.29 is 39.5 Å². The van der Waals surface area contributed by atoms with E-state index in [1.165, 1.54) is 42.5 Å². The molecule has 0 aromatic heterocycles. The van der Waals surface area contributed by atoms with E-state index in [4.69, 9.17) is 5.73 Å². The highest BCUT2D eigenvalue weighted by atomic mass is 19.4. The first kappa shape index (κ1) is 25.9. The first-order valence-electron chi connectivity index (χ1n) is 9.73. The summed E-state index contributed by atoms with van der Waals surface area (Å²) in [4.78, 5) is 3.93. The van der Waals surface area contributed by atoms with Gasteiger partial charge in [-0.05, 0) is 47.5 Å². The molecule has 0 aliphatic rings.